The first-order valence-corrected chi connectivity index (χ1v) is 9.69. The van der Waals surface area contributed by atoms with E-state index < -0.39 is 11.9 Å². The van der Waals surface area contributed by atoms with E-state index in [0.717, 1.165) is 35.5 Å². The Morgan fingerprint density at radius 3 is 2.79 bits per heavy atom. The topological polar surface area (TPSA) is 49.2 Å². The molecule has 1 N–H and O–H groups in total. The molecule has 150 valence electrons. The highest BCUT2D eigenvalue weighted by atomic mass is 19.4. The molecule has 0 aliphatic carbocycles. The summed E-state index contributed by atoms with van der Waals surface area (Å²) in [5, 5.41) is 9.19. The Morgan fingerprint density at radius 1 is 1.07 bits per heavy atom. The summed E-state index contributed by atoms with van der Waals surface area (Å²) in [5.74, 6) is 0.774. The number of halogens is 3. The standard InChI is InChI=1S/C21H20F3N5/c22-21(23,24)18-6-3-7-19-26-27-20(29(18)19)9-11-28-10-8-14(13-28)16-12-25-17-5-2-1-4-15(16)17/h1-7,12,14,25H,8-11,13H2. The minimum absolute atomic E-state index is 0.230. The van der Waals surface area contributed by atoms with Crippen LogP contribution in [0, 0.1) is 0 Å². The molecule has 1 unspecified atom stereocenters. The summed E-state index contributed by atoms with van der Waals surface area (Å²) >= 11 is 0. The van der Waals surface area contributed by atoms with Gasteiger partial charge in [0.25, 0.3) is 0 Å². The number of benzene rings is 1. The average Bonchev–Trinajstić information content (AvgIpc) is 3.43. The third-order valence-corrected chi connectivity index (χ3v) is 5.77. The van der Waals surface area contributed by atoms with E-state index in [1.807, 2.05) is 12.1 Å². The zero-order chi connectivity index (χ0) is 20.0. The largest absolute Gasteiger partial charge is 0.431 e. The number of H-pyrrole nitrogens is 1. The zero-order valence-electron chi connectivity index (χ0n) is 15.7. The fourth-order valence-electron chi connectivity index (χ4n) is 4.36. The van der Waals surface area contributed by atoms with E-state index in [2.05, 4.69) is 38.4 Å². The van der Waals surface area contributed by atoms with E-state index in [9.17, 15) is 13.2 Å². The Kier molecular flexibility index (Phi) is 4.31. The number of pyridine rings is 1. The first kappa shape index (κ1) is 18.2. The fraction of sp³-hybridized carbons (Fsp3) is 0.333. The molecule has 8 heteroatoms. The van der Waals surface area contributed by atoms with Crippen LogP contribution < -0.4 is 0 Å². The molecular formula is C21H20F3N5. The molecular weight excluding hydrogens is 379 g/mol. The fourth-order valence-corrected chi connectivity index (χ4v) is 4.36. The molecule has 0 bridgehead atoms. The summed E-state index contributed by atoms with van der Waals surface area (Å²) in [5.41, 5.74) is 1.95. The van der Waals surface area contributed by atoms with E-state index in [1.54, 1.807) is 6.07 Å². The Bertz CT molecular complexity index is 1160. The van der Waals surface area contributed by atoms with Crippen LogP contribution in [0.4, 0.5) is 13.2 Å². The minimum atomic E-state index is -4.44. The highest BCUT2D eigenvalue weighted by Gasteiger charge is 2.34. The van der Waals surface area contributed by atoms with Crippen molar-refractivity contribution in [2.24, 2.45) is 0 Å². The zero-order valence-corrected chi connectivity index (χ0v) is 15.7. The van der Waals surface area contributed by atoms with Crippen molar-refractivity contribution in [1.29, 1.82) is 0 Å². The molecule has 0 spiro atoms. The van der Waals surface area contributed by atoms with E-state index in [-0.39, 0.29) is 5.65 Å². The molecule has 3 aromatic heterocycles. The molecule has 1 saturated heterocycles. The quantitative estimate of drug-likeness (QED) is 0.558. The van der Waals surface area contributed by atoms with Crippen molar-refractivity contribution >= 4 is 16.6 Å². The van der Waals surface area contributed by atoms with Gasteiger partial charge in [0.1, 0.15) is 11.5 Å². The second-order valence-electron chi connectivity index (χ2n) is 7.54. The number of aromatic nitrogens is 4. The lowest BCUT2D eigenvalue weighted by atomic mass is 9.98. The predicted octanol–water partition coefficient (Wildman–Crippen LogP) is 4.26. The van der Waals surface area contributed by atoms with Crippen LogP contribution in [0.3, 0.4) is 0 Å². The van der Waals surface area contributed by atoms with Crippen molar-refractivity contribution in [3.63, 3.8) is 0 Å². The molecule has 4 aromatic rings. The number of alkyl halides is 3. The van der Waals surface area contributed by atoms with Crippen LogP contribution >= 0.6 is 0 Å². The lowest BCUT2D eigenvalue weighted by Gasteiger charge is -2.16. The molecule has 1 aliphatic rings. The number of hydrogen-bond acceptors (Lipinski definition) is 3. The van der Waals surface area contributed by atoms with Gasteiger partial charge >= 0.3 is 6.18 Å². The van der Waals surface area contributed by atoms with E-state index in [1.165, 1.54) is 17.0 Å². The molecule has 5 nitrogen and oxygen atoms in total. The number of likely N-dealkylation sites (tertiary alicyclic amines) is 1. The predicted molar refractivity (Wildman–Crippen MR) is 104 cm³/mol. The lowest BCUT2D eigenvalue weighted by Crippen LogP contribution is -2.24. The maximum Gasteiger partial charge on any atom is 0.431 e. The summed E-state index contributed by atoms with van der Waals surface area (Å²) < 4.78 is 41.2. The number of para-hydroxylation sites is 1. The Morgan fingerprint density at radius 2 is 1.93 bits per heavy atom. The van der Waals surface area contributed by atoms with Crippen molar-refractivity contribution < 1.29 is 13.2 Å². The van der Waals surface area contributed by atoms with Crippen molar-refractivity contribution in [2.45, 2.75) is 24.9 Å². The number of aromatic amines is 1. The monoisotopic (exact) mass is 399 g/mol. The van der Waals surface area contributed by atoms with Gasteiger partial charge in [-0.05, 0) is 42.6 Å². The first-order chi connectivity index (χ1) is 14.0. The number of nitrogens with zero attached hydrogens (tertiary/aromatic N) is 4. The van der Waals surface area contributed by atoms with Crippen molar-refractivity contribution in [3.05, 3.63) is 65.7 Å². The first-order valence-electron chi connectivity index (χ1n) is 9.69. The molecule has 0 radical (unpaired) electrons. The van der Waals surface area contributed by atoms with Gasteiger partial charge in [0.05, 0.1) is 0 Å². The molecule has 0 amide bonds. The van der Waals surface area contributed by atoms with Crippen LogP contribution in [0.5, 0.6) is 0 Å². The van der Waals surface area contributed by atoms with Crippen LogP contribution in [0.2, 0.25) is 0 Å². The molecule has 29 heavy (non-hydrogen) atoms. The SMILES string of the molecule is FC(F)(F)c1cccc2nnc(CCN3CCC(c4c[nH]c5ccccc45)C3)n12. The van der Waals surface area contributed by atoms with E-state index in [4.69, 9.17) is 0 Å². The summed E-state index contributed by atoms with van der Waals surface area (Å²) in [4.78, 5) is 5.62. The van der Waals surface area contributed by atoms with Crippen LogP contribution in [0.15, 0.2) is 48.7 Å². The average molecular weight is 399 g/mol. The summed E-state index contributed by atoms with van der Waals surface area (Å²) in [6.45, 7) is 2.48. The van der Waals surface area contributed by atoms with Gasteiger partial charge in [0.2, 0.25) is 0 Å². The van der Waals surface area contributed by atoms with Gasteiger partial charge in [0, 0.05) is 36.6 Å². The number of rotatable bonds is 4. The second kappa shape index (κ2) is 6.88. The van der Waals surface area contributed by atoms with Gasteiger partial charge in [-0.2, -0.15) is 13.2 Å². The molecule has 1 aliphatic heterocycles. The van der Waals surface area contributed by atoms with Gasteiger partial charge in [-0.3, -0.25) is 4.40 Å². The summed E-state index contributed by atoms with van der Waals surface area (Å²) in [6, 6.07) is 12.2. The van der Waals surface area contributed by atoms with Crippen LogP contribution in [0.1, 0.15) is 29.4 Å². The third-order valence-electron chi connectivity index (χ3n) is 5.77. The molecule has 1 atom stereocenters. The van der Waals surface area contributed by atoms with Gasteiger partial charge in [-0.25, -0.2) is 0 Å². The Labute approximate surface area is 165 Å². The van der Waals surface area contributed by atoms with Gasteiger partial charge in [0.15, 0.2) is 5.65 Å². The maximum atomic E-state index is 13.4. The number of nitrogens with one attached hydrogen (secondary N) is 1. The lowest BCUT2D eigenvalue weighted by molar-refractivity contribution is -0.142. The smallest absolute Gasteiger partial charge is 0.361 e. The number of hydrogen-bond donors (Lipinski definition) is 1. The molecule has 0 saturated carbocycles. The Balaban J connectivity index is 1.32. The highest BCUT2D eigenvalue weighted by molar-refractivity contribution is 5.83. The summed E-state index contributed by atoms with van der Waals surface area (Å²) in [6.07, 6.45) is -0.893. The molecule has 5 rings (SSSR count). The van der Waals surface area contributed by atoms with Crippen LogP contribution in [-0.2, 0) is 12.6 Å². The molecule has 1 fully saturated rings. The third kappa shape index (κ3) is 3.27. The van der Waals surface area contributed by atoms with Crippen molar-refractivity contribution in [3.8, 4) is 0 Å². The van der Waals surface area contributed by atoms with Gasteiger partial charge in [-0.15, -0.1) is 10.2 Å². The van der Waals surface area contributed by atoms with Crippen LogP contribution in [0.25, 0.3) is 16.6 Å². The maximum absolute atomic E-state index is 13.4. The van der Waals surface area contributed by atoms with Gasteiger partial charge < -0.3 is 9.88 Å². The second-order valence-corrected chi connectivity index (χ2v) is 7.54. The van der Waals surface area contributed by atoms with Crippen molar-refractivity contribution in [2.75, 3.05) is 19.6 Å². The molecule has 1 aromatic carbocycles. The van der Waals surface area contributed by atoms with E-state index in [0.29, 0.717) is 24.7 Å². The highest BCUT2D eigenvalue weighted by Crippen LogP contribution is 2.33. The normalized spacial score (nSPS) is 18.2. The Hall–Kier alpha value is -2.87. The van der Waals surface area contributed by atoms with Crippen molar-refractivity contribution in [1.82, 2.24) is 24.5 Å². The van der Waals surface area contributed by atoms with Crippen LogP contribution in [-0.4, -0.2) is 44.1 Å². The number of fused-ring (bicyclic) bond motifs is 2. The summed E-state index contributed by atoms with van der Waals surface area (Å²) in [7, 11) is 0. The minimum Gasteiger partial charge on any atom is -0.361 e. The molecule has 4 heterocycles. The van der Waals surface area contributed by atoms with Gasteiger partial charge in [-0.1, -0.05) is 24.3 Å². The van der Waals surface area contributed by atoms with E-state index >= 15 is 0 Å².